The molecule has 128 valence electrons. The minimum absolute atomic E-state index is 0.316. The second-order valence-electron chi connectivity index (χ2n) is 5.64. The van der Waals surface area contributed by atoms with Gasteiger partial charge in [-0.25, -0.2) is 0 Å². The van der Waals surface area contributed by atoms with E-state index in [4.69, 9.17) is 16.3 Å². The number of hydrogen-bond donors (Lipinski definition) is 0. The molecule has 2 aliphatic rings. The highest BCUT2D eigenvalue weighted by Gasteiger charge is 2.54. The number of hydrogen-bond acceptors (Lipinski definition) is 1. The first-order chi connectivity index (χ1) is 11.9. The highest BCUT2D eigenvalue weighted by Crippen LogP contribution is 2.43. The molecule has 2 aromatic rings. The van der Waals surface area contributed by atoms with E-state index in [0.29, 0.717) is 37.0 Å². The fourth-order valence-corrected chi connectivity index (χ4v) is 4.65. The average Bonchev–Trinajstić information content (AvgIpc) is 3.13. The van der Waals surface area contributed by atoms with Crippen molar-refractivity contribution in [1.82, 2.24) is 4.48 Å². The summed E-state index contributed by atoms with van der Waals surface area (Å²) in [5.41, 5.74) is 2.26. The van der Waals surface area contributed by atoms with Gasteiger partial charge in [0.1, 0.15) is 5.75 Å². The molecule has 0 amide bonds. The van der Waals surface area contributed by atoms with Gasteiger partial charge in [-0.3, -0.25) is 0 Å². The van der Waals surface area contributed by atoms with Crippen molar-refractivity contribution in [2.45, 2.75) is 0 Å². The summed E-state index contributed by atoms with van der Waals surface area (Å²) < 4.78 is 38.1. The summed E-state index contributed by atoms with van der Waals surface area (Å²) in [6, 6.07) is 8.57. The summed E-state index contributed by atoms with van der Waals surface area (Å²) in [6.07, 6.45) is 3.30. The van der Waals surface area contributed by atoms with Gasteiger partial charge < -0.3 is 22.3 Å². The number of ether oxygens (including phenoxy) is 1. The van der Waals surface area contributed by atoms with Crippen LogP contribution in [0.4, 0.5) is 8.63 Å². The summed E-state index contributed by atoms with van der Waals surface area (Å²) >= 11 is 12.7. The van der Waals surface area contributed by atoms with Crippen molar-refractivity contribution >= 4 is 60.6 Å². The minimum atomic E-state index is -4.02. The van der Waals surface area contributed by atoms with E-state index in [1.165, 1.54) is 7.11 Å². The zero-order valence-corrected chi connectivity index (χ0v) is 16.7. The highest BCUT2D eigenvalue weighted by molar-refractivity contribution is 9.18. The molecule has 0 saturated carbocycles. The Morgan fingerprint density at radius 3 is 2.60 bits per heavy atom. The van der Waals surface area contributed by atoms with Gasteiger partial charge >= 0.3 is 6.97 Å². The lowest BCUT2D eigenvalue weighted by Gasteiger charge is -2.32. The Kier molecular flexibility index (Phi) is 3.97. The molecule has 0 radical (unpaired) electrons. The zero-order chi connectivity index (χ0) is 17.9. The summed E-state index contributed by atoms with van der Waals surface area (Å²) in [6.45, 7) is -4.02. The smallest absolute Gasteiger partial charge is 0.495 e. The standard InChI is InChI=1S/C16H10BBr2ClF2N2O/c1-25-13-5-2-9(8-10(13)20)16-11-3-6-14(18)23(11)17(21,22)24-12(16)4-7-15(24)19/h2-8H,1H3. The van der Waals surface area contributed by atoms with E-state index in [-0.39, 0.29) is 0 Å². The highest BCUT2D eigenvalue weighted by atomic mass is 79.9. The minimum Gasteiger partial charge on any atom is -0.495 e. The number of fused-ring (bicyclic) bond motifs is 2. The SMILES string of the molecule is COc1ccc(C2=C3C=CC(Br)=[N+]3[B-](F)(F)n3c(Br)ccc32)cc1Cl. The maximum atomic E-state index is 15.1. The first-order valence-corrected chi connectivity index (χ1v) is 9.30. The first-order valence-electron chi connectivity index (χ1n) is 7.34. The Morgan fingerprint density at radius 1 is 1.16 bits per heavy atom. The van der Waals surface area contributed by atoms with Crippen molar-refractivity contribution in [3.63, 3.8) is 0 Å². The van der Waals surface area contributed by atoms with Crippen LogP contribution in [-0.4, -0.2) is 27.7 Å². The van der Waals surface area contributed by atoms with Crippen LogP contribution in [0.3, 0.4) is 0 Å². The second kappa shape index (κ2) is 5.82. The van der Waals surface area contributed by atoms with Crippen LogP contribution in [0.25, 0.3) is 5.57 Å². The lowest BCUT2D eigenvalue weighted by Crippen LogP contribution is -2.50. The van der Waals surface area contributed by atoms with Crippen molar-refractivity contribution < 1.29 is 17.9 Å². The Hall–Kier alpha value is -1.38. The second-order valence-corrected chi connectivity index (χ2v) is 7.67. The lowest BCUT2D eigenvalue weighted by molar-refractivity contribution is -0.358. The molecule has 1 aromatic carbocycles. The van der Waals surface area contributed by atoms with Crippen LogP contribution in [0.5, 0.6) is 5.75 Å². The zero-order valence-electron chi connectivity index (χ0n) is 12.8. The molecule has 1 aromatic heterocycles. The molecule has 25 heavy (non-hydrogen) atoms. The van der Waals surface area contributed by atoms with Gasteiger partial charge in [-0.15, -0.1) is 0 Å². The molecule has 3 heterocycles. The van der Waals surface area contributed by atoms with Crippen LogP contribution in [0.2, 0.25) is 5.02 Å². The Bertz CT molecular complexity index is 1010. The normalized spacial score (nSPS) is 17.8. The number of methoxy groups -OCH3 is 1. The summed E-state index contributed by atoms with van der Waals surface area (Å²) in [5, 5.41) is 0.421. The number of allylic oxidation sites excluding steroid dienone is 2. The molecule has 0 spiro atoms. The molecule has 0 atom stereocenters. The topological polar surface area (TPSA) is 17.2 Å². The number of benzene rings is 1. The molecule has 0 bridgehead atoms. The van der Waals surface area contributed by atoms with E-state index in [1.54, 1.807) is 36.4 Å². The van der Waals surface area contributed by atoms with Crippen LogP contribution >= 0.6 is 43.5 Å². The van der Waals surface area contributed by atoms with Gasteiger partial charge in [0.15, 0.2) is 5.70 Å². The molecule has 9 heteroatoms. The van der Waals surface area contributed by atoms with Crippen LogP contribution in [-0.2, 0) is 0 Å². The Balaban J connectivity index is 2.06. The lowest BCUT2D eigenvalue weighted by atomic mass is 9.86. The molecule has 3 nitrogen and oxygen atoms in total. The summed E-state index contributed by atoms with van der Waals surface area (Å²) in [7, 11) is 1.53. The maximum absolute atomic E-state index is 15.1. The molecule has 2 aliphatic heterocycles. The van der Waals surface area contributed by atoms with E-state index >= 15 is 8.63 Å². The average molecular weight is 490 g/mol. The number of aromatic nitrogens is 1. The fraction of sp³-hybridized carbons (Fsp3) is 0.0625. The third-order valence-electron chi connectivity index (χ3n) is 4.31. The van der Waals surface area contributed by atoms with E-state index in [9.17, 15) is 0 Å². The van der Waals surface area contributed by atoms with Crippen LogP contribution in [0, 0.1) is 0 Å². The number of halogens is 5. The summed E-state index contributed by atoms with van der Waals surface area (Å²) in [5.74, 6) is 0.532. The molecule has 0 fully saturated rings. The van der Waals surface area contributed by atoms with Crippen molar-refractivity contribution in [2.24, 2.45) is 0 Å². The van der Waals surface area contributed by atoms with Crippen LogP contribution in [0.1, 0.15) is 11.3 Å². The van der Waals surface area contributed by atoms with E-state index in [1.807, 2.05) is 6.07 Å². The largest absolute Gasteiger partial charge is 0.738 e. The van der Waals surface area contributed by atoms with Crippen molar-refractivity contribution in [1.29, 1.82) is 0 Å². The van der Waals surface area contributed by atoms with Gasteiger partial charge in [-0.1, -0.05) is 17.7 Å². The third-order valence-corrected chi connectivity index (χ3v) is 5.90. The summed E-state index contributed by atoms with van der Waals surface area (Å²) in [4.78, 5) is 0. The van der Waals surface area contributed by atoms with Crippen LogP contribution < -0.4 is 4.74 Å². The van der Waals surface area contributed by atoms with Gasteiger partial charge in [0.05, 0.1) is 22.3 Å². The molecule has 0 N–H and O–H groups in total. The number of rotatable bonds is 2. The van der Waals surface area contributed by atoms with Crippen molar-refractivity contribution in [3.8, 4) is 5.75 Å². The predicted octanol–water partition coefficient (Wildman–Crippen LogP) is 5.28. The van der Waals surface area contributed by atoms with Gasteiger partial charge in [-0.05, 0) is 45.8 Å². The molecular weight excluding hydrogens is 480 g/mol. The number of nitrogens with zero attached hydrogens (tertiary/aromatic N) is 2. The van der Waals surface area contributed by atoms with E-state index in [2.05, 4.69) is 31.9 Å². The Morgan fingerprint density at radius 2 is 1.92 bits per heavy atom. The predicted molar refractivity (Wildman–Crippen MR) is 103 cm³/mol. The van der Waals surface area contributed by atoms with Crippen molar-refractivity contribution in [3.05, 3.63) is 69.1 Å². The van der Waals surface area contributed by atoms with Gasteiger partial charge in [0.2, 0.25) is 4.62 Å². The molecule has 0 aliphatic carbocycles. The molecule has 4 rings (SSSR count). The molecular formula is C16H10BBr2ClF2N2O. The molecule has 0 unspecified atom stereocenters. The van der Waals surface area contributed by atoms with Crippen LogP contribution in [0.15, 0.2) is 52.8 Å². The first kappa shape index (κ1) is 17.1. The molecule has 0 saturated heterocycles. The van der Waals surface area contributed by atoms with E-state index in [0.717, 1.165) is 14.5 Å². The maximum Gasteiger partial charge on any atom is 0.738 e. The van der Waals surface area contributed by atoms with E-state index < -0.39 is 6.97 Å². The third kappa shape index (κ3) is 2.38. The van der Waals surface area contributed by atoms with Gasteiger partial charge in [0, 0.05) is 33.8 Å². The van der Waals surface area contributed by atoms with Gasteiger partial charge in [-0.2, -0.15) is 0 Å². The Labute approximate surface area is 164 Å². The fourth-order valence-electron chi connectivity index (χ4n) is 3.25. The monoisotopic (exact) mass is 488 g/mol. The quantitative estimate of drug-likeness (QED) is 0.524. The van der Waals surface area contributed by atoms with Gasteiger partial charge in [0.25, 0.3) is 0 Å². The van der Waals surface area contributed by atoms with Crippen molar-refractivity contribution in [2.75, 3.05) is 7.11 Å².